The van der Waals surface area contributed by atoms with Crippen LogP contribution in [0.4, 0.5) is 4.39 Å². The van der Waals surface area contributed by atoms with Gasteiger partial charge in [0.2, 0.25) is 0 Å². The average Bonchev–Trinajstić information content (AvgIpc) is 2.26. The standard InChI is InChI=1S/C10H5BrClFN2/c11-8-7(13)9(12)15-10(14-8)6-4-2-1-3-5-6/h1-5H. The molecule has 0 radical (unpaired) electrons. The van der Waals surface area contributed by atoms with Crippen molar-refractivity contribution in [1.29, 1.82) is 0 Å². The van der Waals surface area contributed by atoms with Crippen LogP contribution in [0, 0.1) is 5.82 Å². The van der Waals surface area contributed by atoms with E-state index in [1.165, 1.54) is 0 Å². The normalized spacial score (nSPS) is 10.3. The highest BCUT2D eigenvalue weighted by molar-refractivity contribution is 9.10. The van der Waals surface area contributed by atoms with Gasteiger partial charge in [0.15, 0.2) is 16.8 Å². The van der Waals surface area contributed by atoms with Gasteiger partial charge in [0.1, 0.15) is 4.60 Å². The van der Waals surface area contributed by atoms with Crippen LogP contribution in [-0.2, 0) is 0 Å². The van der Waals surface area contributed by atoms with Crippen molar-refractivity contribution >= 4 is 27.5 Å². The first-order chi connectivity index (χ1) is 7.18. The van der Waals surface area contributed by atoms with E-state index in [9.17, 15) is 4.39 Å². The lowest BCUT2D eigenvalue weighted by Gasteiger charge is -2.02. The maximum absolute atomic E-state index is 13.1. The third-order valence-electron chi connectivity index (χ3n) is 1.80. The maximum Gasteiger partial charge on any atom is 0.193 e. The molecule has 0 aliphatic carbocycles. The lowest BCUT2D eigenvalue weighted by atomic mass is 10.2. The molecule has 2 nitrogen and oxygen atoms in total. The molecular formula is C10H5BrClFN2. The number of hydrogen-bond donors (Lipinski definition) is 0. The van der Waals surface area contributed by atoms with Gasteiger partial charge in [-0.15, -0.1) is 0 Å². The van der Waals surface area contributed by atoms with Gasteiger partial charge in [-0.2, -0.15) is 0 Å². The molecule has 0 unspecified atom stereocenters. The Kier molecular flexibility index (Phi) is 2.98. The van der Waals surface area contributed by atoms with Crippen LogP contribution in [0.25, 0.3) is 11.4 Å². The minimum atomic E-state index is -0.642. The van der Waals surface area contributed by atoms with Crippen molar-refractivity contribution in [3.8, 4) is 11.4 Å². The molecule has 0 saturated heterocycles. The van der Waals surface area contributed by atoms with E-state index in [-0.39, 0.29) is 9.76 Å². The zero-order valence-corrected chi connectivity index (χ0v) is 9.76. The number of benzene rings is 1. The monoisotopic (exact) mass is 286 g/mol. The molecule has 5 heteroatoms. The summed E-state index contributed by atoms with van der Waals surface area (Å²) in [5.74, 6) is -0.245. The van der Waals surface area contributed by atoms with Gasteiger partial charge in [-0.1, -0.05) is 41.9 Å². The predicted molar refractivity (Wildman–Crippen MR) is 60.1 cm³/mol. The summed E-state index contributed by atoms with van der Waals surface area (Å²) in [6.07, 6.45) is 0. The van der Waals surface area contributed by atoms with E-state index in [0.717, 1.165) is 5.56 Å². The summed E-state index contributed by atoms with van der Waals surface area (Å²) in [5.41, 5.74) is 0.792. The van der Waals surface area contributed by atoms with Crippen LogP contribution in [0.5, 0.6) is 0 Å². The Balaban J connectivity index is 2.56. The lowest BCUT2D eigenvalue weighted by molar-refractivity contribution is 0.606. The summed E-state index contributed by atoms with van der Waals surface area (Å²) >= 11 is 8.60. The van der Waals surface area contributed by atoms with Gasteiger partial charge in [0.05, 0.1) is 0 Å². The fourth-order valence-corrected chi connectivity index (χ4v) is 1.75. The van der Waals surface area contributed by atoms with Crippen molar-refractivity contribution in [2.75, 3.05) is 0 Å². The van der Waals surface area contributed by atoms with Crippen molar-refractivity contribution in [3.05, 3.63) is 45.9 Å². The molecule has 0 atom stereocenters. The van der Waals surface area contributed by atoms with Crippen molar-refractivity contribution < 1.29 is 4.39 Å². The van der Waals surface area contributed by atoms with Gasteiger partial charge in [-0.3, -0.25) is 0 Å². The van der Waals surface area contributed by atoms with E-state index in [0.29, 0.717) is 5.82 Å². The molecule has 0 amide bonds. The topological polar surface area (TPSA) is 25.8 Å². The van der Waals surface area contributed by atoms with Crippen molar-refractivity contribution in [3.63, 3.8) is 0 Å². The quantitative estimate of drug-likeness (QED) is 0.747. The second-order valence-electron chi connectivity index (χ2n) is 2.81. The van der Waals surface area contributed by atoms with Crippen molar-refractivity contribution in [2.45, 2.75) is 0 Å². The van der Waals surface area contributed by atoms with Gasteiger partial charge in [-0.25, -0.2) is 14.4 Å². The minimum absolute atomic E-state index is 0.0707. The zero-order chi connectivity index (χ0) is 10.8. The van der Waals surface area contributed by atoms with Gasteiger partial charge in [0, 0.05) is 5.56 Å². The molecule has 76 valence electrons. The number of aromatic nitrogens is 2. The largest absolute Gasteiger partial charge is 0.218 e. The Labute approximate surface area is 99.3 Å². The summed E-state index contributed by atoms with van der Waals surface area (Å²) in [5, 5.41) is -0.185. The summed E-state index contributed by atoms with van der Waals surface area (Å²) < 4.78 is 13.2. The van der Waals surface area contributed by atoms with Crippen molar-refractivity contribution in [1.82, 2.24) is 9.97 Å². The van der Waals surface area contributed by atoms with E-state index in [4.69, 9.17) is 11.6 Å². The number of halogens is 3. The average molecular weight is 288 g/mol. The number of nitrogens with zero attached hydrogens (tertiary/aromatic N) is 2. The van der Waals surface area contributed by atoms with E-state index in [2.05, 4.69) is 25.9 Å². The molecule has 15 heavy (non-hydrogen) atoms. The zero-order valence-electron chi connectivity index (χ0n) is 7.42. The summed E-state index contributed by atoms with van der Waals surface area (Å²) in [6.45, 7) is 0. The molecule has 0 fully saturated rings. The lowest BCUT2D eigenvalue weighted by Crippen LogP contribution is -1.94. The van der Waals surface area contributed by atoms with Crippen LogP contribution in [0.1, 0.15) is 0 Å². The molecular weight excluding hydrogens is 282 g/mol. The highest BCUT2D eigenvalue weighted by atomic mass is 79.9. The molecule has 0 spiro atoms. The smallest absolute Gasteiger partial charge is 0.193 e. The molecule has 2 aromatic rings. The number of rotatable bonds is 1. The Morgan fingerprint density at radius 3 is 2.40 bits per heavy atom. The molecule has 1 aromatic heterocycles. The van der Waals surface area contributed by atoms with Gasteiger partial charge in [-0.05, 0) is 15.9 Å². The number of hydrogen-bond acceptors (Lipinski definition) is 2. The van der Waals surface area contributed by atoms with Gasteiger partial charge < -0.3 is 0 Å². The Bertz CT molecular complexity index is 467. The molecule has 0 aliphatic heterocycles. The second kappa shape index (κ2) is 4.24. The summed E-state index contributed by atoms with van der Waals surface area (Å²) in [4.78, 5) is 7.80. The second-order valence-corrected chi connectivity index (χ2v) is 3.92. The van der Waals surface area contributed by atoms with Crippen molar-refractivity contribution in [2.24, 2.45) is 0 Å². The highest BCUT2D eigenvalue weighted by Gasteiger charge is 2.11. The van der Waals surface area contributed by atoms with Gasteiger partial charge >= 0.3 is 0 Å². The van der Waals surface area contributed by atoms with E-state index < -0.39 is 5.82 Å². The fourth-order valence-electron chi connectivity index (χ4n) is 1.11. The summed E-state index contributed by atoms with van der Waals surface area (Å²) in [6, 6.07) is 9.24. The van der Waals surface area contributed by atoms with E-state index >= 15 is 0 Å². The first-order valence-electron chi connectivity index (χ1n) is 4.12. The third kappa shape index (κ3) is 2.16. The van der Waals surface area contributed by atoms with Crippen LogP contribution in [0.3, 0.4) is 0 Å². The molecule has 1 heterocycles. The molecule has 0 aliphatic rings. The molecule has 2 rings (SSSR count). The molecule has 0 bridgehead atoms. The third-order valence-corrected chi connectivity index (χ3v) is 2.58. The SMILES string of the molecule is Fc1c(Cl)nc(-c2ccccc2)nc1Br. The van der Waals surface area contributed by atoms with Crippen LogP contribution in [-0.4, -0.2) is 9.97 Å². The van der Waals surface area contributed by atoms with Gasteiger partial charge in [0.25, 0.3) is 0 Å². The molecule has 1 aromatic carbocycles. The first-order valence-corrected chi connectivity index (χ1v) is 5.29. The highest BCUT2D eigenvalue weighted by Crippen LogP contribution is 2.23. The predicted octanol–water partition coefficient (Wildman–Crippen LogP) is 3.70. The molecule has 0 saturated carbocycles. The van der Waals surface area contributed by atoms with Crippen LogP contribution >= 0.6 is 27.5 Å². The molecule has 0 N–H and O–H groups in total. The van der Waals surface area contributed by atoms with Crippen LogP contribution in [0.2, 0.25) is 5.15 Å². The fraction of sp³-hybridized carbons (Fsp3) is 0. The Morgan fingerprint density at radius 1 is 1.13 bits per heavy atom. The van der Waals surface area contributed by atoms with E-state index in [1.54, 1.807) is 0 Å². The van der Waals surface area contributed by atoms with E-state index in [1.807, 2.05) is 30.3 Å². The maximum atomic E-state index is 13.1. The van der Waals surface area contributed by atoms with Crippen LogP contribution < -0.4 is 0 Å². The summed E-state index contributed by atoms with van der Waals surface area (Å²) in [7, 11) is 0. The van der Waals surface area contributed by atoms with Crippen LogP contribution in [0.15, 0.2) is 34.9 Å². The minimum Gasteiger partial charge on any atom is -0.218 e. The Hall–Kier alpha value is -1.00. The Morgan fingerprint density at radius 2 is 1.80 bits per heavy atom. The first kappa shape index (κ1) is 10.5.